The lowest BCUT2D eigenvalue weighted by atomic mass is 10.2. The molecule has 5 heteroatoms. The minimum atomic E-state index is 0.111. The van der Waals surface area contributed by atoms with E-state index in [2.05, 4.69) is 10.3 Å². The summed E-state index contributed by atoms with van der Waals surface area (Å²) >= 11 is 0. The van der Waals surface area contributed by atoms with Crippen LogP contribution in [0.4, 0.5) is 11.5 Å². The monoisotopic (exact) mass is 242 g/mol. The van der Waals surface area contributed by atoms with E-state index in [1.54, 1.807) is 18.5 Å². The molecule has 0 amide bonds. The predicted octanol–water partition coefficient (Wildman–Crippen LogP) is 2.17. The van der Waals surface area contributed by atoms with Crippen molar-refractivity contribution in [2.75, 3.05) is 11.1 Å². The van der Waals surface area contributed by atoms with Crippen LogP contribution in [-0.4, -0.2) is 11.0 Å². The zero-order valence-electron chi connectivity index (χ0n) is 10.1. The average molecular weight is 242 g/mol. The summed E-state index contributed by atoms with van der Waals surface area (Å²) in [5, 5.41) is 12.1. The van der Waals surface area contributed by atoms with E-state index in [9.17, 15) is 0 Å². The first-order valence-electron chi connectivity index (χ1n) is 5.64. The van der Waals surface area contributed by atoms with Crippen molar-refractivity contribution in [3.63, 3.8) is 0 Å². The van der Waals surface area contributed by atoms with Gasteiger partial charge < -0.3 is 15.5 Å². The topological polar surface area (TPSA) is 87.9 Å². The van der Waals surface area contributed by atoms with Crippen molar-refractivity contribution < 1.29 is 4.42 Å². The predicted molar refractivity (Wildman–Crippen MR) is 68.9 cm³/mol. The number of pyridine rings is 1. The zero-order chi connectivity index (χ0) is 13.0. The maximum Gasteiger partial charge on any atom is 0.150 e. The molecule has 0 bridgehead atoms. The van der Waals surface area contributed by atoms with Crippen LogP contribution in [0.1, 0.15) is 18.2 Å². The van der Waals surface area contributed by atoms with Crippen LogP contribution in [0.2, 0.25) is 0 Å². The number of nitrogens with two attached hydrogens (primary N) is 1. The van der Waals surface area contributed by atoms with Crippen LogP contribution >= 0.6 is 0 Å². The third-order valence-corrected chi connectivity index (χ3v) is 2.58. The Labute approximate surface area is 105 Å². The Hall–Kier alpha value is -2.48. The minimum absolute atomic E-state index is 0.111. The number of nitriles is 1. The Morgan fingerprint density at radius 2 is 2.39 bits per heavy atom. The van der Waals surface area contributed by atoms with Crippen LogP contribution in [0.15, 0.2) is 35.1 Å². The highest BCUT2D eigenvalue weighted by Gasteiger charge is 2.10. The maximum absolute atomic E-state index is 8.88. The van der Waals surface area contributed by atoms with Gasteiger partial charge in [-0.1, -0.05) is 0 Å². The first kappa shape index (κ1) is 12.0. The molecule has 2 rings (SSSR count). The maximum atomic E-state index is 8.88. The molecule has 18 heavy (non-hydrogen) atoms. The van der Waals surface area contributed by atoms with E-state index in [0.29, 0.717) is 17.1 Å². The highest BCUT2D eigenvalue weighted by atomic mass is 16.3. The molecule has 0 fully saturated rings. The molecule has 2 heterocycles. The van der Waals surface area contributed by atoms with Gasteiger partial charge in [0.2, 0.25) is 0 Å². The first-order chi connectivity index (χ1) is 8.70. The lowest BCUT2D eigenvalue weighted by Crippen LogP contribution is -2.19. The van der Waals surface area contributed by atoms with Gasteiger partial charge in [-0.15, -0.1) is 0 Å². The normalized spacial score (nSPS) is 11.8. The van der Waals surface area contributed by atoms with E-state index in [1.807, 2.05) is 25.1 Å². The van der Waals surface area contributed by atoms with Gasteiger partial charge in [-0.3, -0.25) is 0 Å². The van der Waals surface area contributed by atoms with Gasteiger partial charge in [0.25, 0.3) is 0 Å². The van der Waals surface area contributed by atoms with Crippen molar-refractivity contribution in [2.45, 2.75) is 19.4 Å². The Balaban J connectivity index is 2.08. The molecule has 3 N–H and O–H groups in total. The molecule has 1 unspecified atom stereocenters. The largest absolute Gasteiger partial charge is 0.469 e. The zero-order valence-corrected chi connectivity index (χ0v) is 10.1. The summed E-state index contributed by atoms with van der Waals surface area (Å²) in [6.45, 7) is 2.00. The SMILES string of the molecule is CC(Cc1ccco1)Nc1nccc(C#N)c1N. The molecule has 0 spiro atoms. The van der Waals surface area contributed by atoms with Crippen molar-refractivity contribution in [3.05, 3.63) is 42.0 Å². The average Bonchev–Trinajstić information content (AvgIpc) is 2.84. The van der Waals surface area contributed by atoms with Gasteiger partial charge in [0.1, 0.15) is 11.8 Å². The number of hydrogen-bond acceptors (Lipinski definition) is 5. The van der Waals surface area contributed by atoms with Crippen LogP contribution in [0.25, 0.3) is 0 Å². The molecule has 2 aromatic heterocycles. The van der Waals surface area contributed by atoms with Gasteiger partial charge in [0.05, 0.1) is 17.5 Å². The molecule has 1 atom stereocenters. The third kappa shape index (κ3) is 2.61. The molecule has 2 aromatic rings. The molecular weight excluding hydrogens is 228 g/mol. The number of anilines is 2. The van der Waals surface area contributed by atoms with Crippen LogP contribution in [0, 0.1) is 11.3 Å². The Bertz CT molecular complexity index is 557. The van der Waals surface area contributed by atoms with Gasteiger partial charge in [-0.2, -0.15) is 5.26 Å². The van der Waals surface area contributed by atoms with Crippen molar-refractivity contribution >= 4 is 11.5 Å². The van der Waals surface area contributed by atoms with Gasteiger partial charge >= 0.3 is 0 Å². The van der Waals surface area contributed by atoms with E-state index in [0.717, 1.165) is 12.2 Å². The lowest BCUT2D eigenvalue weighted by Gasteiger charge is -2.15. The first-order valence-corrected chi connectivity index (χ1v) is 5.64. The highest BCUT2D eigenvalue weighted by Crippen LogP contribution is 2.20. The van der Waals surface area contributed by atoms with E-state index in [-0.39, 0.29) is 6.04 Å². The van der Waals surface area contributed by atoms with Gasteiger partial charge in [-0.05, 0) is 25.1 Å². The van der Waals surface area contributed by atoms with E-state index in [4.69, 9.17) is 15.4 Å². The molecule has 0 saturated carbocycles. The Morgan fingerprint density at radius 3 is 3.06 bits per heavy atom. The number of nitrogen functional groups attached to an aromatic ring is 1. The second kappa shape index (κ2) is 5.23. The summed E-state index contributed by atoms with van der Waals surface area (Å²) in [6, 6.07) is 7.51. The van der Waals surface area contributed by atoms with Gasteiger partial charge in [-0.25, -0.2) is 4.98 Å². The summed E-state index contributed by atoms with van der Waals surface area (Å²) < 4.78 is 5.27. The number of hydrogen-bond donors (Lipinski definition) is 2. The molecule has 0 saturated heterocycles. The number of nitrogens with zero attached hydrogens (tertiary/aromatic N) is 2. The van der Waals surface area contributed by atoms with Crippen LogP contribution in [0.5, 0.6) is 0 Å². The summed E-state index contributed by atoms with van der Waals surface area (Å²) in [7, 11) is 0. The van der Waals surface area contributed by atoms with Crippen LogP contribution in [-0.2, 0) is 6.42 Å². The highest BCUT2D eigenvalue weighted by molar-refractivity contribution is 5.69. The van der Waals surface area contributed by atoms with E-state index in [1.165, 1.54) is 0 Å². The fraction of sp³-hybridized carbons (Fsp3) is 0.231. The van der Waals surface area contributed by atoms with Crippen molar-refractivity contribution in [1.29, 1.82) is 5.26 Å². The second-order valence-corrected chi connectivity index (χ2v) is 4.06. The Kier molecular flexibility index (Phi) is 3.49. The summed E-state index contributed by atoms with van der Waals surface area (Å²) in [5.41, 5.74) is 6.65. The third-order valence-electron chi connectivity index (χ3n) is 2.58. The van der Waals surface area contributed by atoms with Crippen molar-refractivity contribution in [3.8, 4) is 6.07 Å². The van der Waals surface area contributed by atoms with Crippen molar-refractivity contribution in [2.24, 2.45) is 0 Å². The molecule has 0 aliphatic heterocycles. The minimum Gasteiger partial charge on any atom is -0.469 e. The quantitative estimate of drug-likeness (QED) is 0.857. The summed E-state index contributed by atoms with van der Waals surface area (Å²) in [6.07, 6.45) is 3.94. The second-order valence-electron chi connectivity index (χ2n) is 4.06. The number of rotatable bonds is 4. The van der Waals surface area contributed by atoms with Gasteiger partial charge in [0, 0.05) is 18.7 Å². The fourth-order valence-corrected chi connectivity index (χ4v) is 1.70. The molecule has 92 valence electrons. The molecule has 0 radical (unpaired) electrons. The molecule has 0 aliphatic carbocycles. The van der Waals surface area contributed by atoms with E-state index < -0.39 is 0 Å². The fourth-order valence-electron chi connectivity index (χ4n) is 1.70. The number of aromatic nitrogens is 1. The number of furan rings is 1. The van der Waals surface area contributed by atoms with Crippen LogP contribution < -0.4 is 11.1 Å². The number of nitrogens with one attached hydrogen (secondary N) is 1. The van der Waals surface area contributed by atoms with Gasteiger partial charge in [0.15, 0.2) is 5.82 Å². The van der Waals surface area contributed by atoms with Crippen molar-refractivity contribution in [1.82, 2.24) is 4.98 Å². The Morgan fingerprint density at radius 1 is 1.56 bits per heavy atom. The summed E-state index contributed by atoms with van der Waals surface area (Å²) in [4.78, 5) is 4.14. The molecule has 0 aromatic carbocycles. The van der Waals surface area contributed by atoms with Crippen LogP contribution in [0.3, 0.4) is 0 Å². The standard InChI is InChI=1S/C13H14N4O/c1-9(7-11-3-2-6-18-11)17-13-12(15)10(8-14)4-5-16-13/h2-6,9H,7,15H2,1H3,(H,16,17). The van der Waals surface area contributed by atoms with E-state index >= 15 is 0 Å². The molecular formula is C13H14N4O. The smallest absolute Gasteiger partial charge is 0.150 e. The summed E-state index contributed by atoms with van der Waals surface area (Å²) in [5.74, 6) is 1.43. The lowest BCUT2D eigenvalue weighted by molar-refractivity contribution is 0.497. The molecule has 5 nitrogen and oxygen atoms in total. The molecule has 0 aliphatic rings.